The van der Waals surface area contributed by atoms with Crippen LogP contribution in [0, 0.1) is 0 Å². The maximum Gasteiger partial charge on any atom is 0.365 e. The highest BCUT2D eigenvalue weighted by Crippen LogP contribution is 1.80. The first-order valence-corrected chi connectivity index (χ1v) is 2.35. The van der Waals surface area contributed by atoms with E-state index in [1.807, 2.05) is 0 Å². The van der Waals surface area contributed by atoms with Crippen molar-refractivity contribution in [2.75, 3.05) is 7.11 Å². The summed E-state index contributed by atoms with van der Waals surface area (Å²) < 4.78 is 0. The standard InChI is InChI=1S/C6H8O3/c1-3-4-5-6(7)9-8-2/h3-5H,1H2,2H3. The van der Waals surface area contributed by atoms with E-state index in [0.29, 0.717) is 0 Å². The van der Waals surface area contributed by atoms with Crippen molar-refractivity contribution in [3.8, 4) is 0 Å². The Kier molecular flexibility index (Phi) is 4.44. The normalized spacial score (nSPS) is 9.44. The van der Waals surface area contributed by atoms with E-state index in [1.54, 1.807) is 0 Å². The molecular weight excluding hydrogens is 120 g/mol. The minimum atomic E-state index is -0.544. The van der Waals surface area contributed by atoms with E-state index in [2.05, 4.69) is 16.4 Å². The van der Waals surface area contributed by atoms with Crippen LogP contribution in [-0.4, -0.2) is 13.1 Å². The molecule has 9 heavy (non-hydrogen) atoms. The smallest absolute Gasteiger partial charge is 0.294 e. The maximum atomic E-state index is 10.3. The van der Waals surface area contributed by atoms with Crippen molar-refractivity contribution in [2.24, 2.45) is 0 Å². The van der Waals surface area contributed by atoms with Crippen molar-refractivity contribution in [2.45, 2.75) is 0 Å². The van der Waals surface area contributed by atoms with Gasteiger partial charge in [-0.1, -0.05) is 18.7 Å². The van der Waals surface area contributed by atoms with Crippen molar-refractivity contribution >= 4 is 5.97 Å². The first kappa shape index (κ1) is 7.91. The highest BCUT2D eigenvalue weighted by Gasteiger charge is 1.91. The Hall–Kier alpha value is -1.09. The second kappa shape index (κ2) is 5.05. The fraction of sp³-hybridized carbons (Fsp3) is 0.167. The molecule has 50 valence electrons. The zero-order valence-electron chi connectivity index (χ0n) is 5.16. The lowest BCUT2D eigenvalue weighted by Gasteiger charge is -1.90. The van der Waals surface area contributed by atoms with Gasteiger partial charge in [0.1, 0.15) is 0 Å². The molecule has 0 aromatic carbocycles. The Balaban J connectivity index is 3.49. The average molecular weight is 128 g/mol. The molecule has 0 rings (SSSR count). The SMILES string of the molecule is C=CC=CC(=O)OOC. The van der Waals surface area contributed by atoms with Crippen LogP contribution in [0.2, 0.25) is 0 Å². The first-order valence-electron chi connectivity index (χ1n) is 2.35. The van der Waals surface area contributed by atoms with Crippen LogP contribution in [0.15, 0.2) is 24.8 Å². The Labute approximate surface area is 53.5 Å². The molecule has 0 aromatic heterocycles. The number of allylic oxidation sites excluding steroid dienone is 2. The molecule has 0 heterocycles. The van der Waals surface area contributed by atoms with Crippen LogP contribution in [-0.2, 0) is 14.6 Å². The second-order valence-electron chi connectivity index (χ2n) is 1.16. The largest absolute Gasteiger partial charge is 0.365 e. The van der Waals surface area contributed by atoms with Crippen molar-refractivity contribution in [3.63, 3.8) is 0 Å². The van der Waals surface area contributed by atoms with Crippen LogP contribution < -0.4 is 0 Å². The Bertz CT molecular complexity index is 126. The highest BCUT2D eigenvalue weighted by molar-refractivity contribution is 5.81. The fourth-order valence-electron chi connectivity index (χ4n) is 0.257. The third-order valence-corrected chi connectivity index (χ3v) is 0.534. The van der Waals surface area contributed by atoms with Crippen LogP contribution in [0.4, 0.5) is 0 Å². The van der Waals surface area contributed by atoms with E-state index in [-0.39, 0.29) is 0 Å². The molecule has 0 unspecified atom stereocenters. The monoisotopic (exact) mass is 128 g/mol. The van der Waals surface area contributed by atoms with Crippen LogP contribution in [0.25, 0.3) is 0 Å². The Morgan fingerprint density at radius 1 is 1.67 bits per heavy atom. The molecule has 0 radical (unpaired) electrons. The molecular formula is C6H8O3. The highest BCUT2D eigenvalue weighted by atomic mass is 17.2. The summed E-state index contributed by atoms with van der Waals surface area (Å²) in [6.45, 7) is 3.36. The van der Waals surface area contributed by atoms with Gasteiger partial charge in [-0.15, -0.1) is 0 Å². The molecule has 0 saturated carbocycles. The summed E-state index contributed by atoms with van der Waals surface area (Å²) in [5.74, 6) is -0.544. The molecule has 0 spiro atoms. The quantitative estimate of drug-likeness (QED) is 0.244. The third kappa shape index (κ3) is 4.77. The molecule has 3 nitrogen and oxygen atoms in total. The number of carbonyl (C=O) groups excluding carboxylic acids is 1. The number of hydrogen-bond donors (Lipinski definition) is 0. The summed E-state index contributed by atoms with van der Waals surface area (Å²) in [6, 6.07) is 0. The first-order chi connectivity index (χ1) is 4.31. The summed E-state index contributed by atoms with van der Waals surface area (Å²) in [5, 5.41) is 0. The van der Waals surface area contributed by atoms with Gasteiger partial charge in [0, 0.05) is 6.08 Å². The topological polar surface area (TPSA) is 35.5 Å². The zero-order chi connectivity index (χ0) is 7.11. The summed E-state index contributed by atoms with van der Waals surface area (Å²) in [4.78, 5) is 18.5. The number of rotatable bonds is 3. The molecule has 0 aliphatic heterocycles. The molecule has 0 atom stereocenters. The van der Waals surface area contributed by atoms with Crippen molar-refractivity contribution in [3.05, 3.63) is 24.8 Å². The second-order valence-corrected chi connectivity index (χ2v) is 1.16. The lowest BCUT2D eigenvalue weighted by atomic mass is 10.5. The summed E-state index contributed by atoms with van der Waals surface area (Å²) in [6.07, 6.45) is 4.13. The van der Waals surface area contributed by atoms with Crippen LogP contribution >= 0.6 is 0 Å². The van der Waals surface area contributed by atoms with Crippen LogP contribution in [0.3, 0.4) is 0 Å². The van der Waals surface area contributed by atoms with Gasteiger partial charge < -0.3 is 0 Å². The van der Waals surface area contributed by atoms with Gasteiger partial charge >= 0.3 is 5.97 Å². The van der Waals surface area contributed by atoms with E-state index in [1.165, 1.54) is 25.3 Å². The lowest BCUT2D eigenvalue weighted by Crippen LogP contribution is -1.97. The molecule has 3 heteroatoms. The summed E-state index contributed by atoms with van der Waals surface area (Å²) >= 11 is 0. The molecule has 0 saturated heterocycles. The van der Waals surface area contributed by atoms with E-state index in [9.17, 15) is 4.79 Å². The Morgan fingerprint density at radius 3 is 2.78 bits per heavy atom. The fourth-order valence-corrected chi connectivity index (χ4v) is 0.257. The van der Waals surface area contributed by atoms with Gasteiger partial charge in [0.25, 0.3) is 0 Å². The summed E-state index contributed by atoms with van der Waals surface area (Å²) in [5.41, 5.74) is 0. The summed E-state index contributed by atoms with van der Waals surface area (Å²) in [7, 11) is 1.26. The van der Waals surface area contributed by atoms with Gasteiger partial charge in [-0.3, -0.25) is 4.89 Å². The molecule has 0 aromatic rings. The van der Waals surface area contributed by atoms with Gasteiger partial charge in [0.05, 0.1) is 7.11 Å². The van der Waals surface area contributed by atoms with E-state index >= 15 is 0 Å². The van der Waals surface area contributed by atoms with Gasteiger partial charge in [-0.05, 0) is 0 Å². The predicted molar refractivity (Wildman–Crippen MR) is 32.4 cm³/mol. The minimum Gasteiger partial charge on any atom is -0.294 e. The lowest BCUT2D eigenvalue weighted by molar-refractivity contribution is -0.249. The van der Waals surface area contributed by atoms with Crippen LogP contribution in [0.5, 0.6) is 0 Å². The number of hydrogen-bond acceptors (Lipinski definition) is 3. The van der Waals surface area contributed by atoms with Crippen LogP contribution in [0.1, 0.15) is 0 Å². The van der Waals surface area contributed by atoms with Crippen molar-refractivity contribution in [1.29, 1.82) is 0 Å². The molecule has 0 fully saturated rings. The number of carbonyl (C=O) groups is 1. The van der Waals surface area contributed by atoms with Crippen molar-refractivity contribution < 1.29 is 14.6 Å². The van der Waals surface area contributed by atoms with Gasteiger partial charge in [0.2, 0.25) is 0 Å². The third-order valence-electron chi connectivity index (χ3n) is 0.534. The van der Waals surface area contributed by atoms with Gasteiger partial charge in [-0.2, -0.15) is 4.89 Å². The molecule has 0 bridgehead atoms. The molecule has 0 amide bonds. The van der Waals surface area contributed by atoms with Gasteiger partial charge in [-0.25, -0.2) is 4.79 Å². The van der Waals surface area contributed by atoms with Gasteiger partial charge in [0.15, 0.2) is 0 Å². The minimum absolute atomic E-state index is 0.544. The Morgan fingerprint density at radius 2 is 2.33 bits per heavy atom. The maximum absolute atomic E-state index is 10.3. The molecule has 0 N–H and O–H groups in total. The zero-order valence-corrected chi connectivity index (χ0v) is 5.16. The predicted octanol–water partition coefficient (Wildman–Crippen LogP) is 0.833. The van der Waals surface area contributed by atoms with E-state index in [0.717, 1.165) is 0 Å². The molecule has 0 aliphatic rings. The van der Waals surface area contributed by atoms with Crippen molar-refractivity contribution in [1.82, 2.24) is 0 Å². The van der Waals surface area contributed by atoms with E-state index in [4.69, 9.17) is 0 Å². The van der Waals surface area contributed by atoms with E-state index < -0.39 is 5.97 Å². The molecule has 0 aliphatic carbocycles. The average Bonchev–Trinajstić information content (AvgIpc) is 1.85.